The summed E-state index contributed by atoms with van der Waals surface area (Å²) in [6, 6.07) is -0.0915. The van der Waals surface area contributed by atoms with Crippen LogP contribution in [-0.4, -0.2) is 55.3 Å². The summed E-state index contributed by atoms with van der Waals surface area (Å²) < 4.78 is 22.9. The summed E-state index contributed by atoms with van der Waals surface area (Å²) in [6.07, 6.45) is 4.45. The molecule has 1 atom stereocenters. The van der Waals surface area contributed by atoms with E-state index in [9.17, 15) is 13.2 Å². The Balaban J connectivity index is 2.66. The van der Waals surface area contributed by atoms with Crippen LogP contribution in [0.1, 0.15) is 26.2 Å². The van der Waals surface area contributed by atoms with Gasteiger partial charge in [-0.05, 0) is 19.1 Å². The van der Waals surface area contributed by atoms with Gasteiger partial charge in [0.15, 0.2) is 9.84 Å². The molecule has 100 valence electrons. The van der Waals surface area contributed by atoms with Gasteiger partial charge < -0.3 is 4.90 Å². The Morgan fingerprint density at radius 3 is 2.65 bits per heavy atom. The predicted molar refractivity (Wildman–Crippen MR) is 72.1 cm³/mol. The fourth-order valence-electron chi connectivity index (χ4n) is 2.07. The second kappa shape index (κ2) is 6.64. The van der Waals surface area contributed by atoms with Crippen molar-refractivity contribution in [2.24, 2.45) is 0 Å². The van der Waals surface area contributed by atoms with Gasteiger partial charge in [-0.1, -0.05) is 13.3 Å². The first-order valence-electron chi connectivity index (χ1n) is 5.99. The Morgan fingerprint density at radius 1 is 1.47 bits per heavy atom. The second-order valence-electron chi connectivity index (χ2n) is 4.43. The van der Waals surface area contributed by atoms with Gasteiger partial charge in [0.05, 0.1) is 17.3 Å². The van der Waals surface area contributed by atoms with E-state index in [1.165, 1.54) is 11.8 Å². The number of hydrogen-bond acceptors (Lipinski definition) is 4. The Kier molecular flexibility index (Phi) is 5.79. The average molecular weight is 279 g/mol. The number of thioether (sulfide) groups is 1. The van der Waals surface area contributed by atoms with E-state index in [0.29, 0.717) is 18.7 Å². The van der Waals surface area contributed by atoms with Crippen LogP contribution < -0.4 is 0 Å². The van der Waals surface area contributed by atoms with Gasteiger partial charge in [-0.15, -0.1) is 0 Å². The number of nitrogens with zero attached hydrogens (tertiary/aromatic N) is 1. The Bertz CT molecular complexity index is 354. The number of amides is 1. The summed E-state index contributed by atoms with van der Waals surface area (Å²) in [4.78, 5) is 13.7. The molecule has 1 saturated heterocycles. The van der Waals surface area contributed by atoms with Gasteiger partial charge in [0.1, 0.15) is 0 Å². The van der Waals surface area contributed by atoms with Crippen molar-refractivity contribution >= 4 is 27.5 Å². The molecule has 17 heavy (non-hydrogen) atoms. The zero-order chi connectivity index (χ0) is 12.9. The number of rotatable bonds is 6. The molecule has 0 aromatic rings. The molecule has 1 unspecified atom stereocenters. The van der Waals surface area contributed by atoms with Crippen LogP contribution in [0, 0.1) is 0 Å². The predicted octanol–water partition coefficient (Wildman–Crippen LogP) is 1.17. The molecule has 0 saturated carbocycles. The second-order valence-corrected chi connectivity index (χ2v) is 7.53. The van der Waals surface area contributed by atoms with Crippen molar-refractivity contribution in [1.29, 1.82) is 0 Å². The summed E-state index contributed by atoms with van der Waals surface area (Å²) in [5.74, 6) is 0.900. The first-order chi connectivity index (χ1) is 8.00. The van der Waals surface area contributed by atoms with Crippen LogP contribution in [0.4, 0.5) is 0 Å². The van der Waals surface area contributed by atoms with E-state index in [1.54, 1.807) is 4.90 Å². The lowest BCUT2D eigenvalue weighted by Crippen LogP contribution is -2.42. The maximum Gasteiger partial charge on any atom is 0.232 e. The van der Waals surface area contributed by atoms with Gasteiger partial charge >= 0.3 is 0 Å². The summed E-state index contributed by atoms with van der Waals surface area (Å²) in [6.45, 7) is 2.76. The molecule has 0 N–H and O–H groups in total. The van der Waals surface area contributed by atoms with Crippen molar-refractivity contribution in [1.82, 2.24) is 4.90 Å². The lowest BCUT2D eigenvalue weighted by molar-refractivity contribution is -0.130. The zero-order valence-electron chi connectivity index (χ0n) is 10.5. The smallest absolute Gasteiger partial charge is 0.232 e. The summed E-state index contributed by atoms with van der Waals surface area (Å²) in [7, 11) is -2.91. The molecule has 0 radical (unpaired) electrons. The highest BCUT2D eigenvalue weighted by Gasteiger charge is 2.33. The fourth-order valence-corrected chi connectivity index (χ4v) is 4.21. The lowest BCUT2D eigenvalue weighted by Gasteiger charge is -2.28. The van der Waals surface area contributed by atoms with E-state index in [0.717, 1.165) is 12.8 Å². The van der Waals surface area contributed by atoms with E-state index in [2.05, 4.69) is 6.92 Å². The van der Waals surface area contributed by atoms with Crippen molar-refractivity contribution in [2.45, 2.75) is 32.2 Å². The summed E-state index contributed by atoms with van der Waals surface area (Å²) in [5, 5.41) is 0. The Morgan fingerprint density at radius 2 is 2.18 bits per heavy atom. The summed E-state index contributed by atoms with van der Waals surface area (Å²) >= 11 is 1.49. The summed E-state index contributed by atoms with van der Waals surface area (Å²) in [5.41, 5.74) is 0. The lowest BCUT2D eigenvalue weighted by atomic mass is 10.2. The molecule has 1 rings (SSSR count). The van der Waals surface area contributed by atoms with Crippen molar-refractivity contribution in [3.63, 3.8) is 0 Å². The molecular formula is C11H21NO3S2. The number of hydrogen-bond donors (Lipinski definition) is 0. The molecule has 0 bridgehead atoms. The highest BCUT2D eigenvalue weighted by atomic mass is 32.2. The standard InChI is InChI=1S/C11H21NO3S2/c1-3-4-6-12(11(13)8-16-2)10-5-7-17(14,15)9-10/h10H,3-9H2,1-2H3. The van der Waals surface area contributed by atoms with Crippen molar-refractivity contribution in [3.8, 4) is 0 Å². The molecule has 1 fully saturated rings. The van der Waals surface area contributed by atoms with Crippen LogP contribution in [0.15, 0.2) is 0 Å². The van der Waals surface area contributed by atoms with E-state index >= 15 is 0 Å². The number of carbonyl (C=O) groups is 1. The first-order valence-corrected chi connectivity index (χ1v) is 9.20. The van der Waals surface area contributed by atoms with Gasteiger partial charge in [-0.3, -0.25) is 4.79 Å². The van der Waals surface area contributed by atoms with E-state index in [4.69, 9.17) is 0 Å². The maximum absolute atomic E-state index is 12.0. The number of unbranched alkanes of at least 4 members (excludes halogenated alkanes) is 1. The normalized spacial score (nSPS) is 22.6. The van der Waals surface area contributed by atoms with E-state index in [1.807, 2.05) is 6.26 Å². The molecule has 6 heteroatoms. The minimum absolute atomic E-state index is 0.0769. The third kappa shape index (κ3) is 4.50. The zero-order valence-corrected chi connectivity index (χ0v) is 12.1. The molecule has 1 heterocycles. The van der Waals surface area contributed by atoms with E-state index < -0.39 is 9.84 Å². The van der Waals surface area contributed by atoms with Gasteiger partial charge in [0.2, 0.25) is 5.91 Å². The minimum Gasteiger partial charge on any atom is -0.338 e. The van der Waals surface area contributed by atoms with Crippen LogP contribution in [-0.2, 0) is 14.6 Å². The molecule has 1 aliphatic heterocycles. The first kappa shape index (κ1) is 14.8. The highest BCUT2D eigenvalue weighted by Crippen LogP contribution is 2.19. The SMILES string of the molecule is CCCCN(C(=O)CSC)C1CCS(=O)(=O)C1. The van der Waals surface area contributed by atoms with Crippen LogP contribution in [0.3, 0.4) is 0 Å². The molecule has 0 aliphatic carbocycles. The highest BCUT2D eigenvalue weighted by molar-refractivity contribution is 7.99. The van der Waals surface area contributed by atoms with Crippen LogP contribution in [0.2, 0.25) is 0 Å². The maximum atomic E-state index is 12.0. The Hall–Kier alpha value is -0.230. The van der Waals surface area contributed by atoms with Gasteiger partial charge in [0.25, 0.3) is 0 Å². The molecule has 0 aromatic heterocycles. The van der Waals surface area contributed by atoms with Crippen molar-refractivity contribution < 1.29 is 13.2 Å². The quantitative estimate of drug-likeness (QED) is 0.732. The monoisotopic (exact) mass is 279 g/mol. The Labute approximate surface area is 108 Å². The fraction of sp³-hybridized carbons (Fsp3) is 0.909. The number of carbonyl (C=O) groups excluding carboxylic acids is 1. The van der Waals surface area contributed by atoms with Gasteiger partial charge in [-0.25, -0.2) is 8.42 Å². The molecule has 4 nitrogen and oxygen atoms in total. The molecule has 0 spiro atoms. The van der Waals surface area contributed by atoms with Crippen molar-refractivity contribution in [3.05, 3.63) is 0 Å². The third-order valence-corrected chi connectivity index (χ3v) is 5.28. The van der Waals surface area contributed by atoms with Crippen LogP contribution >= 0.6 is 11.8 Å². The molecule has 1 amide bonds. The number of sulfone groups is 1. The van der Waals surface area contributed by atoms with Crippen LogP contribution in [0.25, 0.3) is 0 Å². The van der Waals surface area contributed by atoms with E-state index in [-0.39, 0.29) is 23.5 Å². The average Bonchev–Trinajstić information content (AvgIpc) is 2.60. The minimum atomic E-state index is -2.91. The largest absolute Gasteiger partial charge is 0.338 e. The van der Waals surface area contributed by atoms with Crippen molar-refractivity contribution in [2.75, 3.05) is 30.1 Å². The topological polar surface area (TPSA) is 54.5 Å². The molecule has 1 aliphatic rings. The molecule has 0 aromatic carbocycles. The van der Waals surface area contributed by atoms with Gasteiger partial charge in [-0.2, -0.15) is 11.8 Å². The molecular weight excluding hydrogens is 258 g/mol. The van der Waals surface area contributed by atoms with Gasteiger partial charge in [0, 0.05) is 12.6 Å². The van der Waals surface area contributed by atoms with Crippen LogP contribution in [0.5, 0.6) is 0 Å². The third-order valence-electron chi connectivity index (χ3n) is 2.99.